The first-order chi connectivity index (χ1) is 11.1. The fourth-order valence-corrected chi connectivity index (χ4v) is 2.53. The minimum atomic E-state index is -0.309. The first kappa shape index (κ1) is 15.0. The van der Waals surface area contributed by atoms with Crippen molar-refractivity contribution in [3.8, 4) is 17.2 Å². The van der Waals surface area contributed by atoms with Gasteiger partial charge >= 0.3 is 0 Å². The van der Waals surface area contributed by atoms with E-state index in [-0.39, 0.29) is 23.7 Å². The highest BCUT2D eigenvalue weighted by atomic mass is 16.5. The Kier molecular flexibility index (Phi) is 3.93. The molecule has 23 heavy (non-hydrogen) atoms. The molecule has 3 rings (SSSR count). The van der Waals surface area contributed by atoms with Crippen molar-refractivity contribution in [2.75, 3.05) is 7.11 Å². The summed E-state index contributed by atoms with van der Waals surface area (Å²) in [6, 6.07) is 14.4. The number of fused-ring (bicyclic) bond motifs is 1. The molecule has 5 nitrogen and oxygen atoms in total. The highest BCUT2D eigenvalue weighted by Gasteiger charge is 2.18. The Morgan fingerprint density at radius 2 is 1.83 bits per heavy atom. The maximum atomic E-state index is 12.6. The maximum Gasteiger partial charge on any atom is 0.297 e. The molecule has 1 aromatic heterocycles. The van der Waals surface area contributed by atoms with E-state index in [1.165, 1.54) is 17.7 Å². The fourth-order valence-electron chi connectivity index (χ4n) is 2.53. The van der Waals surface area contributed by atoms with Crippen LogP contribution in [0.15, 0.2) is 53.3 Å². The van der Waals surface area contributed by atoms with Gasteiger partial charge < -0.3 is 19.1 Å². The lowest BCUT2D eigenvalue weighted by Crippen LogP contribution is -2.20. The molecule has 2 aromatic carbocycles. The minimum Gasteiger partial charge on any atom is -0.508 e. The van der Waals surface area contributed by atoms with Gasteiger partial charge in [-0.05, 0) is 17.7 Å². The van der Waals surface area contributed by atoms with Crippen molar-refractivity contribution < 1.29 is 14.6 Å². The van der Waals surface area contributed by atoms with Crippen LogP contribution in [0.2, 0.25) is 0 Å². The molecule has 0 aliphatic rings. The molecule has 0 amide bonds. The topological polar surface area (TPSA) is 60.7 Å². The number of aryl methyl sites for hydroxylation is 1. The van der Waals surface area contributed by atoms with E-state index >= 15 is 0 Å². The van der Waals surface area contributed by atoms with Crippen LogP contribution in [-0.2, 0) is 13.7 Å². The van der Waals surface area contributed by atoms with Crippen LogP contribution in [0.5, 0.6) is 17.2 Å². The number of methoxy groups -OCH3 is 1. The van der Waals surface area contributed by atoms with Crippen LogP contribution in [0.4, 0.5) is 0 Å². The second kappa shape index (κ2) is 6.04. The lowest BCUT2D eigenvalue weighted by Gasteiger charge is -2.15. The summed E-state index contributed by atoms with van der Waals surface area (Å²) in [5, 5.41) is 10.3. The molecule has 0 fully saturated rings. The summed E-state index contributed by atoms with van der Waals surface area (Å²) in [6.45, 7) is 0.274. The lowest BCUT2D eigenvalue weighted by atomic mass is 10.1. The van der Waals surface area contributed by atoms with Crippen LogP contribution in [0, 0.1) is 0 Å². The molecule has 0 spiro atoms. The monoisotopic (exact) mass is 311 g/mol. The number of ether oxygens (including phenoxy) is 2. The molecule has 5 heteroatoms. The molecule has 0 aliphatic carbocycles. The zero-order valence-corrected chi connectivity index (χ0v) is 12.9. The van der Waals surface area contributed by atoms with Gasteiger partial charge in [0.25, 0.3) is 5.56 Å². The minimum absolute atomic E-state index is 0.0903. The third-order valence-electron chi connectivity index (χ3n) is 3.72. The largest absolute Gasteiger partial charge is 0.508 e. The quantitative estimate of drug-likeness (QED) is 0.805. The third-order valence-corrected chi connectivity index (χ3v) is 3.72. The molecule has 0 atom stereocenters. The molecule has 0 bridgehead atoms. The summed E-state index contributed by atoms with van der Waals surface area (Å²) >= 11 is 0. The average Bonchev–Trinajstić information content (AvgIpc) is 2.58. The van der Waals surface area contributed by atoms with Crippen molar-refractivity contribution in [1.82, 2.24) is 4.57 Å². The molecule has 0 aliphatic heterocycles. The van der Waals surface area contributed by atoms with E-state index in [4.69, 9.17) is 9.47 Å². The fraction of sp³-hybridized carbons (Fsp3) is 0.167. The van der Waals surface area contributed by atoms with E-state index in [9.17, 15) is 9.90 Å². The number of hydrogen-bond donors (Lipinski definition) is 1. The van der Waals surface area contributed by atoms with Gasteiger partial charge in [-0.3, -0.25) is 4.79 Å². The Morgan fingerprint density at radius 1 is 1.09 bits per heavy atom. The number of aromatic nitrogens is 1. The highest BCUT2D eigenvalue weighted by molar-refractivity contribution is 5.88. The van der Waals surface area contributed by atoms with Crippen molar-refractivity contribution in [2.24, 2.45) is 7.05 Å². The van der Waals surface area contributed by atoms with Gasteiger partial charge in [0.2, 0.25) is 5.75 Å². The number of phenolic OH excluding ortho intramolecular Hbond substituents is 1. The number of nitrogens with zero attached hydrogens (tertiary/aromatic N) is 1. The maximum absolute atomic E-state index is 12.6. The predicted octanol–water partition coefficient (Wildman–Crippen LogP) is 2.83. The van der Waals surface area contributed by atoms with Crippen molar-refractivity contribution in [3.05, 3.63) is 64.4 Å². The molecule has 0 saturated carbocycles. The summed E-state index contributed by atoms with van der Waals surface area (Å²) in [6.07, 6.45) is 0. The van der Waals surface area contributed by atoms with E-state index in [1.807, 2.05) is 30.3 Å². The first-order valence-electron chi connectivity index (χ1n) is 7.18. The summed E-state index contributed by atoms with van der Waals surface area (Å²) in [5.41, 5.74) is 1.23. The van der Waals surface area contributed by atoms with E-state index in [0.29, 0.717) is 16.7 Å². The van der Waals surface area contributed by atoms with Gasteiger partial charge in [-0.2, -0.15) is 0 Å². The molecular formula is C18H17NO4. The number of phenols is 1. The van der Waals surface area contributed by atoms with Crippen LogP contribution in [-0.4, -0.2) is 16.8 Å². The molecular weight excluding hydrogens is 294 g/mol. The summed E-state index contributed by atoms with van der Waals surface area (Å²) in [4.78, 5) is 12.6. The first-order valence-corrected chi connectivity index (χ1v) is 7.18. The second-order valence-corrected chi connectivity index (χ2v) is 5.20. The third kappa shape index (κ3) is 2.73. The molecule has 0 saturated heterocycles. The van der Waals surface area contributed by atoms with Gasteiger partial charge in [-0.25, -0.2) is 0 Å². The van der Waals surface area contributed by atoms with E-state index < -0.39 is 0 Å². The lowest BCUT2D eigenvalue weighted by molar-refractivity contribution is 0.280. The molecule has 1 N–H and O–H groups in total. The SMILES string of the molecule is COc1c(OCc2ccccc2)c(=O)n(C)c2cc(O)ccc12. The van der Waals surface area contributed by atoms with E-state index in [0.717, 1.165) is 5.56 Å². The van der Waals surface area contributed by atoms with Gasteiger partial charge in [-0.15, -0.1) is 0 Å². The van der Waals surface area contributed by atoms with Crippen molar-refractivity contribution in [1.29, 1.82) is 0 Å². The molecule has 1 heterocycles. The Labute approximate surface area is 133 Å². The molecule has 0 unspecified atom stereocenters. The van der Waals surface area contributed by atoms with Crippen molar-refractivity contribution >= 4 is 10.9 Å². The Balaban J connectivity index is 2.11. The van der Waals surface area contributed by atoms with Crippen LogP contribution in [0.25, 0.3) is 10.9 Å². The van der Waals surface area contributed by atoms with Crippen molar-refractivity contribution in [3.63, 3.8) is 0 Å². The molecule has 118 valence electrons. The number of aromatic hydroxyl groups is 1. The van der Waals surface area contributed by atoms with Gasteiger partial charge in [0.15, 0.2) is 5.75 Å². The van der Waals surface area contributed by atoms with Gasteiger partial charge in [-0.1, -0.05) is 30.3 Å². The van der Waals surface area contributed by atoms with Crippen LogP contribution in [0.1, 0.15) is 5.56 Å². The van der Waals surface area contributed by atoms with E-state index in [2.05, 4.69) is 0 Å². The standard InChI is InChI=1S/C18H17NO4/c1-19-15-10-13(20)8-9-14(15)16(22-2)17(18(19)21)23-11-12-6-4-3-5-7-12/h3-10,20H,11H2,1-2H3. The van der Waals surface area contributed by atoms with Gasteiger partial charge in [0.05, 0.1) is 12.6 Å². The normalized spacial score (nSPS) is 10.7. The average molecular weight is 311 g/mol. The Hall–Kier alpha value is -2.95. The summed E-state index contributed by atoms with van der Waals surface area (Å²) < 4.78 is 12.6. The number of pyridine rings is 1. The van der Waals surface area contributed by atoms with Crippen LogP contribution >= 0.6 is 0 Å². The predicted molar refractivity (Wildman–Crippen MR) is 88.2 cm³/mol. The molecule has 3 aromatic rings. The summed E-state index contributed by atoms with van der Waals surface area (Å²) in [5.74, 6) is 0.628. The highest BCUT2D eigenvalue weighted by Crippen LogP contribution is 2.34. The van der Waals surface area contributed by atoms with E-state index in [1.54, 1.807) is 19.2 Å². The smallest absolute Gasteiger partial charge is 0.297 e. The second-order valence-electron chi connectivity index (χ2n) is 5.20. The Bertz CT molecular complexity index is 900. The number of benzene rings is 2. The number of rotatable bonds is 4. The number of hydrogen-bond acceptors (Lipinski definition) is 4. The van der Waals surface area contributed by atoms with Crippen molar-refractivity contribution in [2.45, 2.75) is 6.61 Å². The zero-order chi connectivity index (χ0) is 16.4. The summed E-state index contributed by atoms with van der Waals surface area (Å²) in [7, 11) is 3.13. The molecule has 0 radical (unpaired) electrons. The van der Waals surface area contributed by atoms with Gasteiger partial charge in [0.1, 0.15) is 12.4 Å². The van der Waals surface area contributed by atoms with Gasteiger partial charge in [0, 0.05) is 18.5 Å². The van der Waals surface area contributed by atoms with Crippen LogP contribution < -0.4 is 15.0 Å². The zero-order valence-electron chi connectivity index (χ0n) is 12.9. The Morgan fingerprint density at radius 3 is 2.52 bits per heavy atom. The van der Waals surface area contributed by atoms with Crippen LogP contribution in [0.3, 0.4) is 0 Å².